The smallest absolute Gasteiger partial charge is 2.00 e. The number of hydrogen-bond acceptors (Lipinski definition) is 0. The minimum Gasteiger partial charge on any atom is -2.00 e. The van der Waals surface area contributed by atoms with Crippen LogP contribution in [0.1, 0.15) is 0 Å². The average molecular weight is 218 g/mol. The van der Waals surface area contributed by atoms with Crippen LogP contribution in [-0.4, -0.2) is 0 Å². The van der Waals surface area contributed by atoms with E-state index in [9.17, 15) is 0 Å². The van der Waals surface area contributed by atoms with Crippen LogP contribution in [0.3, 0.4) is 0 Å². The molecule has 4 heavy (non-hydrogen) atoms. The molecular weight excluding hydrogens is 218 g/mol. The first kappa shape index (κ1) is 47.9. The van der Waals surface area contributed by atoms with Crippen LogP contribution in [0.2, 0.25) is 0 Å². The van der Waals surface area contributed by atoms with Gasteiger partial charge in [-0.2, -0.15) is 0 Å². The summed E-state index contributed by atoms with van der Waals surface area (Å²) in [5.41, 5.74) is 0. The second kappa shape index (κ2) is 23.9. The summed E-state index contributed by atoms with van der Waals surface area (Å²) >= 11 is 0. The fraction of sp³-hybridized carbons (Fsp3) is 0. The van der Waals surface area contributed by atoms with E-state index >= 15 is 0 Å². The van der Waals surface area contributed by atoms with Crippen molar-refractivity contribution < 1.29 is 63.7 Å². The molecule has 0 N–H and O–H groups in total. The van der Waals surface area contributed by atoms with Gasteiger partial charge >= 0.3 is 52.8 Å². The fourth-order valence-corrected chi connectivity index (χ4v) is 0. The molecule has 0 atom stereocenters. The van der Waals surface area contributed by atoms with Crippen LogP contribution in [-0.2, 0) is 11.0 Å². The zero-order valence-electron chi connectivity index (χ0n) is 1.60. The second-order valence-corrected chi connectivity index (χ2v) is 0. The molecule has 2 nitrogen and oxygen atoms in total. The Balaban J connectivity index is 0. The van der Waals surface area contributed by atoms with Crippen LogP contribution in [0, 0.1) is 52.8 Å². The number of halogens is 1. The van der Waals surface area contributed by atoms with E-state index < -0.39 is 0 Å². The first-order valence-electron chi connectivity index (χ1n) is 0. The van der Waals surface area contributed by atoms with Crippen molar-refractivity contribution in [2.24, 2.45) is 0 Å². The molecule has 3 radical (unpaired) electrons. The quantitative estimate of drug-likeness (QED) is 0.538. The molecule has 0 saturated carbocycles. The SMILES string of the molecule is [Cl+].[O-2].[O-2].[Sm+3]. The Bertz CT molecular complexity index is 6.00. The second-order valence-electron chi connectivity index (χ2n) is 0. The Kier molecular flexibility index (Phi) is 286. The van der Waals surface area contributed by atoms with Crippen molar-refractivity contribution in [2.45, 2.75) is 0 Å². The molecule has 0 aromatic heterocycles. The van der Waals surface area contributed by atoms with Crippen molar-refractivity contribution in [3.05, 3.63) is 0 Å². The molecular formula is ClO2Sm. The normalized spacial score (nSPS) is 0. The molecule has 0 aliphatic carbocycles. The summed E-state index contributed by atoms with van der Waals surface area (Å²) in [6.07, 6.45) is 0. The first-order chi connectivity index (χ1) is 0. The molecule has 0 fully saturated rings. The summed E-state index contributed by atoms with van der Waals surface area (Å²) in [4.78, 5) is 0. The molecule has 0 spiro atoms. The maximum absolute atomic E-state index is 0. The average Bonchev–Trinajstić information content (AvgIpc) is 0. The van der Waals surface area contributed by atoms with Gasteiger partial charge < -0.3 is 11.0 Å². The van der Waals surface area contributed by atoms with E-state index in [0.717, 1.165) is 0 Å². The van der Waals surface area contributed by atoms with Crippen molar-refractivity contribution in [3.8, 4) is 0 Å². The van der Waals surface area contributed by atoms with Crippen LogP contribution in [0.5, 0.6) is 0 Å². The van der Waals surface area contributed by atoms with Crippen molar-refractivity contribution in [2.75, 3.05) is 0 Å². The summed E-state index contributed by atoms with van der Waals surface area (Å²) in [5.74, 6) is 0. The summed E-state index contributed by atoms with van der Waals surface area (Å²) < 4.78 is 0. The third-order valence-electron chi connectivity index (χ3n) is 0. The van der Waals surface area contributed by atoms with E-state index in [0.29, 0.717) is 0 Å². The molecule has 0 aromatic rings. The Morgan fingerprint density at radius 3 is 0.750 bits per heavy atom. The van der Waals surface area contributed by atoms with E-state index in [2.05, 4.69) is 0 Å². The largest absolute Gasteiger partial charge is 3.00 e. The minimum atomic E-state index is 0. The van der Waals surface area contributed by atoms with Crippen molar-refractivity contribution in [1.29, 1.82) is 0 Å². The predicted octanol–water partition coefficient (Wildman–Crippen LogP) is -0.238. The molecule has 0 amide bonds. The van der Waals surface area contributed by atoms with Crippen LogP contribution in [0.25, 0.3) is 0 Å². The third kappa shape index (κ3) is 9.61. The van der Waals surface area contributed by atoms with Gasteiger partial charge in [0.1, 0.15) is 0 Å². The van der Waals surface area contributed by atoms with Gasteiger partial charge in [0.25, 0.3) is 0 Å². The van der Waals surface area contributed by atoms with Gasteiger partial charge in [-0.15, -0.1) is 0 Å². The van der Waals surface area contributed by atoms with Crippen molar-refractivity contribution >= 4 is 0 Å². The van der Waals surface area contributed by atoms with Crippen LogP contribution in [0.4, 0.5) is 0 Å². The Labute approximate surface area is 63.1 Å². The van der Waals surface area contributed by atoms with E-state index in [1.54, 1.807) is 0 Å². The third-order valence-corrected chi connectivity index (χ3v) is 0. The van der Waals surface area contributed by atoms with E-state index in [1.165, 1.54) is 0 Å². The van der Waals surface area contributed by atoms with Crippen LogP contribution >= 0.6 is 0 Å². The van der Waals surface area contributed by atoms with Crippen LogP contribution in [0.15, 0.2) is 0 Å². The summed E-state index contributed by atoms with van der Waals surface area (Å²) in [6, 6.07) is 0. The Morgan fingerprint density at radius 1 is 0.750 bits per heavy atom. The molecule has 25 valence electrons. The van der Waals surface area contributed by atoms with Crippen LogP contribution < -0.4 is 0 Å². The molecule has 0 rings (SSSR count). The number of hydrogen-bond donors (Lipinski definition) is 0. The van der Waals surface area contributed by atoms with Gasteiger partial charge in [0.05, 0.1) is 0 Å². The molecule has 0 aromatic carbocycles. The monoisotopic (exact) mass is 219 g/mol. The van der Waals surface area contributed by atoms with Gasteiger partial charge in [0, 0.05) is 0 Å². The summed E-state index contributed by atoms with van der Waals surface area (Å²) in [7, 11) is 0. The maximum Gasteiger partial charge on any atom is 3.00 e. The molecule has 0 aliphatic rings. The van der Waals surface area contributed by atoms with Gasteiger partial charge in [-0.3, -0.25) is 0 Å². The van der Waals surface area contributed by atoms with Gasteiger partial charge in [-0.05, 0) is 0 Å². The molecule has 0 bridgehead atoms. The van der Waals surface area contributed by atoms with Gasteiger partial charge in [-0.1, -0.05) is 0 Å². The predicted molar refractivity (Wildman–Crippen MR) is 1.37 cm³/mol. The molecule has 0 unspecified atom stereocenters. The topological polar surface area (TPSA) is 57.0 Å². The zero-order chi connectivity index (χ0) is 0. The van der Waals surface area contributed by atoms with Gasteiger partial charge in [-0.25, -0.2) is 0 Å². The standard InChI is InChI=1S/Cl.2O.Sm/q+1;2*-2;+3. The van der Waals surface area contributed by atoms with E-state index in [4.69, 9.17) is 0 Å². The Hall–Kier alpha value is 1.55. The zero-order valence-corrected chi connectivity index (χ0v) is 4.98. The Morgan fingerprint density at radius 2 is 0.750 bits per heavy atom. The van der Waals surface area contributed by atoms with Gasteiger partial charge in [0.2, 0.25) is 0 Å². The van der Waals surface area contributed by atoms with Gasteiger partial charge in [0.15, 0.2) is 0 Å². The van der Waals surface area contributed by atoms with Crippen molar-refractivity contribution in [1.82, 2.24) is 0 Å². The molecule has 0 heterocycles. The minimum absolute atomic E-state index is 0. The molecule has 4 heteroatoms. The summed E-state index contributed by atoms with van der Waals surface area (Å²) in [6.45, 7) is 0. The van der Waals surface area contributed by atoms with E-state index in [1.807, 2.05) is 0 Å². The maximum atomic E-state index is 0. The summed E-state index contributed by atoms with van der Waals surface area (Å²) in [5, 5.41) is 0. The molecule has 0 saturated heterocycles. The molecule has 0 aliphatic heterocycles. The van der Waals surface area contributed by atoms with E-state index in [-0.39, 0.29) is 63.7 Å². The first-order valence-corrected chi connectivity index (χ1v) is 0. The van der Waals surface area contributed by atoms with Crippen molar-refractivity contribution in [3.63, 3.8) is 0 Å². The fourth-order valence-electron chi connectivity index (χ4n) is 0. The number of rotatable bonds is 0.